The number of esters is 1. The molecule has 0 saturated carbocycles. The summed E-state index contributed by atoms with van der Waals surface area (Å²) in [5.41, 5.74) is 0.894. The molecule has 202 valence electrons. The van der Waals surface area contributed by atoms with Gasteiger partial charge < -0.3 is 44.3 Å². The molecule has 0 unspecified atom stereocenters. The van der Waals surface area contributed by atoms with Crippen LogP contribution < -0.4 is 15.4 Å². The molecular formula is C25H39N3O8. The second kappa shape index (κ2) is 14.3. The van der Waals surface area contributed by atoms with Crippen molar-refractivity contribution in [3.63, 3.8) is 0 Å². The van der Waals surface area contributed by atoms with E-state index in [1.165, 1.54) is 0 Å². The van der Waals surface area contributed by atoms with Gasteiger partial charge in [0, 0.05) is 39.0 Å². The standard InChI is InChI=1S/C25H39N3O8/c1-25(2)35-18-22(36-25)17-34-23(30)8-5-19-3-6-21(7-4-19)33-16-20(29)15-26-9-10-27-24(31)28-11-13-32-14-12-28/h3-4,6-7,20,22,26,29H,5,8-18H2,1-2H3,(H,27,31)/t20-,22+/m0/s1/i11D2,12D2,13D2,14D2. The minimum absolute atomic E-state index is 0.0515. The molecule has 2 amide bonds. The first-order valence-electron chi connectivity index (χ1n) is 15.6. The molecule has 11 nitrogen and oxygen atoms in total. The summed E-state index contributed by atoms with van der Waals surface area (Å²) in [4.78, 5) is 24.4. The maximum absolute atomic E-state index is 12.6. The molecule has 2 atom stereocenters. The zero-order valence-corrected chi connectivity index (χ0v) is 20.4. The number of urea groups is 1. The van der Waals surface area contributed by atoms with Crippen LogP contribution in [0.5, 0.6) is 5.75 Å². The van der Waals surface area contributed by atoms with E-state index < -0.39 is 44.0 Å². The Kier molecular flexibility index (Phi) is 7.47. The highest BCUT2D eigenvalue weighted by molar-refractivity contribution is 5.74. The van der Waals surface area contributed by atoms with Crippen LogP contribution in [0.1, 0.15) is 36.8 Å². The summed E-state index contributed by atoms with van der Waals surface area (Å²) in [5, 5.41) is 15.2. The van der Waals surface area contributed by atoms with E-state index >= 15 is 0 Å². The number of nitrogens with one attached hydrogen (secondary N) is 2. The van der Waals surface area contributed by atoms with Gasteiger partial charge in [-0.25, -0.2) is 4.79 Å². The van der Waals surface area contributed by atoms with Gasteiger partial charge in [0.2, 0.25) is 0 Å². The monoisotopic (exact) mass is 517 g/mol. The summed E-state index contributed by atoms with van der Waals surface area (Å²) in [6.45, 7) is -9.32. The van der Waals surface area contributed by atoms with Gasteiger partial charge in [0.15, 0.2) is 5.79 Å². The molecule has 2 fully saturated rings. The van der Waals surface area contributed by atoms with Crippen molar-refractivity contribution >= 4 is 12.0 Å². The number of aliphatic hydroxyl groups excluding tert-OH is 1. The second-order valence-electron chi connectivity index (χ2n) is 8.54. The van der Waals surface area contributed by atoms with Crippen LogP contribution in [0.15, 0.2) is 24.3 Å². The van der Waals surface area contributed by atoms with Crippen LogP contribution in [0.4, 0.5) is 4.79 Å². The molecule has 2 heterocycles. The second-order valence-corrected chi connectivity index (χ2v) is 8.54. The third kappa shape index (κ3) is 10.3. The number of carbonyl (C=O) groups is 2. The molecule has 2 aliphatic heterocycles. The van der Waals surface area contributed by atoms with Gasteiger partial charge in [0.05, 0.1) is 30.7 Å². The van der Waals surface area contributed by atoms with E-state index in [1.54, 1.807) is 38.1 Å². The van der Waals surface area contributed by atoms with Gasteiger partial charge in [-0.2, -0.15) is 0 Å². The van der Waals surface area contributed by atoms with Crippen LogP contribution in [0.2, 0.25) is 0 Å². The van der Waals surface area contributed by atoms with Crippen molar-refractivity contribution in [3.8, 4) is 5.75 Å². The highest BCUT2D eigenvalue weighted by Gasteiger charge is 2.33. The number of rotatable bonds is 13. The molecule has 1 aromatic rings. The smallest absolute Gasteiger partial charge is 0.317 e. The van der Waals surface area contributed by atoms with E-state index in [2.05, 4.69) is 15.4 Å². The summed E-state index contributed by atoms with van der Waals surface area (Å²) >= 11 is 0. The third-order valence-electron chi connectivity index (χ3n) is 5.06. The number of amides is 2. The van der Waals surface area contributed by atoms with Crippen molar-refractivity contribution in [1.29, 1.82) is 0 Å². The lowest BCUT2D eigenvalue weighted by atomic mass is 10.1. The first-order valence-corrected chi connectivity index (χ1v) is 11.6. The molecular weight excluding hydrogens is 470 g/mol. The van der Waals surface area contributed by atoms with Gasteiger partial charge in [-0.1, -0.05) is 12.1 Å². The Morgan fingerprint density at radius 3 is 2.69 bits per heavy atom. The number of ether oxygens (including phenoxy) is 5. The zero-order chi connectivity index (χ0) is 33.0. The molecule has 36 heavy (non-hydrogen) atoms. The van der Waals surface area contributed by atoms with E-state index in [1.807, 2.05) is 0 Å². The fourth-order valence-corrected chi connectivity index (χ4v) is 3.25. The molecule has 3 rings (SSSR count). The summed E-state index contributed by atoms with van der Waals surface area (Å²) in [6.07, 6.45) is -0.566. The highest BCUT2D eigenvalue weighted by atomic mass is 16.7. The fourth-order valence-electron chi connectivity index (χ4n) is 3.25. The number of benzene rings is 1. The largest absolute Gasteiger partial charge is 0.491 e. The lowest BCUT2D eigenvalue weighted by Gasteiger charge is -2.27. The zero-order valence-electron chi connectivity index (χ0n) is 28.4. The Morgan fingerprint density at radius 2 is 2.00 bits per heavy atom. The summed E-state index contributed by atoms with van der Waals surface area (Å²) in [7, 11) is 0. The Morgan fingerprint density at radius 1 is 1.25 bits per heavy atom. The molecule has 0 aromatic heterocycles. The topological polar surface area (TPSA) is 128 Å². The molecule has 0 radical (unpaired) electrons. The molecule has 1 aromatic carbocycles. The molecule has 0 aliphatic carbocycles. The lowest BCUT2D eigenvalue weighted by molar-refractivity contribution is -0.158. The molecule has 11 heteroatoms. The number of aliphatic hydroxyl groups is 1. The predicted molar refractivity (Wildman–Crippen MR) is 131 cm³/mol. The number of hydrogen-bond donors (Lipinski definition) is 3. The first kappa shape index (κ1) is 18.8. The first-order chi connectivity index (χ1) is 20.3. The summed E-state index contributed by atoms with van der Waals surface area (Å²) < 4.78 is 88.3. The summed E-state index contributed by atoms with van der Waals surface area (Å²) in [5.74, 6) is -0.525. The molecule has 3 N–H and O–H groups in total. The van der Waals surface area contributed by atoms with Crippen LogP contribution in [0, 0.1) is 0 Å². The van der Waals surface area contributed by atoms with Gasteiger partial charge in [-0.3, -0.25) is 4.79 Å². The minimum atomic E-state index is -3.32. The molecule has 2 aliphatic rings. The van der Waals surface area contributed by atoms with Gasteiger partial charge in [-0.15, -0.1) is 0 Å². The van der Waals surface area contributed by atoms with E-state index in [0.29, 0.717) is 18.8 Å². The normalized spacial score (nSPS) is 29.0. The van der Waals surface area contributed by atoms with Gasteiger partial charge in [0.25, 0.3) is 0 Å². The summed E-state index contributed by atoms with van der Waals surface area (Å²) in [6, 6.07) is 5.62. The average Bonchev–Trinajstić information content (AvgIpc) is 3.26. The lowest BCUT2D eigenvalue weighted by Crippen LogP contribution is -2.47. The fraction of sp³-hybridized carbons (Fsp3) is 0.680. The third-order valence-corrected chi connectivity index (χ3v) is 5.06. The Hall–Kier alpha value is -2.44. The van der Waals surface area contributed by atoms with Crippen LogP contribution in [-0.2, 0) is 30.2 Å². The van der Waals surface area contributed by atoms with Crippen molar-refractivity contribution in [2.75, 3.05) is 65.6 Å². The maximum atomic E-state index is 12.6. The number of nitrogens with zero attached hydrogens (tertiary/aromatic N) is 1. The number of aryl methyl sites for hydroxylation is 1. The van der Waals surface area contributed by atoms with Crippen molar-refractivity contribution in [1.82, 2.24) is 15.5 Å². The number of carbonyl (C=O) groups excluding carboxylic acids is 2. The Bertz CT molecular complexity index is 1120. The SMILES string of the molecule is [2H]C1([2H])OC([2H])([2H])C([2H])([2H])N(C(=O)NCCNC[C@H](O)COc2ccc(CCC(=O)OC[C@@H]3COC(C)(C)O3)cc2)C1([2H])[2H]. The van der Waals surface area contributed by atoms with Crippen molar-refractivity contribution < 1.29 is 49.3 Å². The van der Waals surface area contributed by atoms with Crippen LogP contribution in [0.3, 0.4) is 0 Å². The van der Waals surface area contributed by atoms with Crippen LogP contribution >= 0.6 is 0 Å². The molecule has 2 saturated heterocycles. The predicted octanol–water partition coefficient (Wildman–Crippen LogP) is 0.685. The van der Waals surface area contributed by atoms with Crippen LogP contribution in [0.25, 0.3) is 0 Å². The maximum Gasteiger partial charge on any atom is 0.317 e. The van der Waals surface area contributed by atoms with Gasteiger partial charge >= 0.3 is 12.0 Å². The molecule has 0 bridgehead atoms. The van der Waals surface area contributed by atoms with Crippen molar-refractivity contribution in [3.05, 3.63) is 29.8 Å². The van der Waals surface area contributed by atoms with E-state index in [0.717, 1.165) is 5.56 Å². The van der Waals surface area contributed by atoms with E-state index in [9.17, 15) is 14.7 Å². The number of hydrogen-bond acceptors (Lipinski definition) is 9. The van der Waals surface area contributed by atoms with E-state index in [4.69, 9.17) is 29.9 Å². The number of morpholine rings is 1. The van der Waals surface area contributed by atoms with Crippen LogP contribution in [-0.4, -0.2) is 106 Å². The highest BCUT2D eigenvalue weighted by Crippen LogP contribution is 2.22. The average molecular weight is 518 g/mol. The van der Waals surface area contributed by atoms with Gasteiger partial charge in [-0.05, 0) is 38.0 Å². The molecule has 0 spiro atoms. The van der Waals surface area contributed by atoms with E-state index in [-0.39, 0.29) is 56.2 Å². The minimum Gasteiger partial charge on any atom is -0.491 e. The van der Waals surface area contributed by atoms with Crippen molar-refractivity contribution in [2.24, 2.45) is 0 Å². The quantitative estimate of drug-likeness (QED) is 0.256. The Balaban J connectivity index is 1.32. The van der Waals surface area contributed by atoms with Crippen molar-refractivity contribution in [2.45, 2.75) is 44.7 Å². The van der Waals surface area contributed by atoms with Gasteiger partial charge in [0.1, 0.15) is 31.2 Å². The Labute approximate surface area is 223 Å².